The number of amides is 1. The predicted molar refractivity (Wildman–Crippen MR) is 126 cm³/mol. The van der Waals surface area contributed by atoms with Crippen LogP contribution in [0.1, 0.15) is 34.5 Å². The van der Waals surface area contributed by atoms with Crippen molar-refractivity contribution in [3.8, 4) is 0 Å². The van der Waals surface area contributed by atoms with E-state index in [0.29, 0.717) is 22.9 Å². The van der Waals surface area contributed by atoms with E-state index in [-0.39, 0.29) is 24.5 Å². The zero-order valence-corrected chi connectivity index (χ0v) is 19.2. The minimum absolute atomic E-state index is 0.0322. The summed E-state index contributed by atoms with van der Waals surface area (Å²) in [6.07, 6.45) is 0. The maximum atomic E-state index is 12.8. The molecule has 160 valence electrons. The molecule has 0 heterocycles. The van der Waals surface area contributed by atoms with Gasteiger partial charge in [0, 0.05) is 20.7 Å². The molecule has 0 aliphatic heterocycles. The van der Waals surface area contributed by atoms with Crippen molar-refractivity contribution < 1.29 is 14.3 Å². The van der Waals surface area contributed by atoms with Gasteiger partial charge in [-0.25, -0.2) is 0 Å². The maximum Gasteiger partial charge on any atom is 0.319 e. The molecule has 0 spiro atoms. The van der Waals surface area contributed by atoms with E-state index in [1.165, 1.54) is 0 Å². The Morgan fingerprint density at radius 1 is 1.03 bits per heavy atom. The minimum Gasteiger partial charge on any atom is -0.465 e. The Labute approximate surface area is 194 Å². The van der Waals surface area contributed by atoms with Gasteiger partial charge in [-0.1, -0.05) is 57.9 Å². The van der Waals surface area contributed by atoms with Crippen molar-refractivity contribution in [2.24, 2.45) is 0 Å². The summed E-state index contributed by atoms with van der Waals surface area (Å²) in [5, 5.41) is 6.80. The first kappa shape index (κ1) is 23.0. The zero-order valence-electron chi connectivity index (χ0n) is 16.9. The van der Waals surface area contributed by atoms with Crippen molar-refractivity contribution in [1.82, 2.24) is 5.32 Å². The highest BCUT2D eigenvalue weighted by molar-refractivity contribution is 9.10. The summed E-state index contributed by atoms with van der Waals surface area (Å²) < 4.78 is 5.91. The number of rotatable bonds is 8. The average Bonchev–Trinajstić information content (AvgIpc) is 2.77. The molecular weight excluding hydrogens is 480 g/mol. The second-order valence-corrected chi connectivity index (χ2v) is 8.07. The Hall–Kier alpha value is -2.67. The fraction of sp³-hybridized carbons (Fsp3) is 0.167. The molecule has 1 amide bonds. The van der Waals surface area contributed by atoms with Crippen molar-refractivity contribution in [2.45, 2.75) is 13.0 Å². The van der Waals surface area contributed by atoms with Gasteiger partial charge in [0.05, 0.1) is 19.2 Å². The summed E-state index contributed by atoms with van der Waals surface area (Å²) in [6, 6.07) is 21.7. The summed E-state index contributed by atoms with van der Waals surface area (Å²) in [5.74, 6) is -0.595. The lowest BCUT2D eigenvalue weighted by Gasteiger charge is -2.23. The van der Waals surface area contributed by atoms with Gasteiger partial charge in [-0.2, -0.15) is 0 Å². The topological polar surface area (TPSA) is 67.4 Å². The van der Waals surface area contributed by atoms with Crippen LogP contribution in [0.15, 0.2) is 77.3 Å². The third-order valence-electron chi connectivity index (χ3n) is 4.57. The molecule has 0 saturated carbocycles. The van der Waals surface area contributed by atoms with E-state index in [2.05, 4.69) is 26.6 Å². The SMILES string of the molecule is CCOC(=O)CN[C@@H](c1ccccc1)c1cc(Br)ccc1NC(=O)c1ccc(Cl)cc1. The lowest BCUT2D eigenvalue weighted by Crippen LogP contribution is -2.30. The molecule has 7 heteroatoms. The lowest BCUT2D eigenvalue weighted by molar-refractivity contribution is -0.142. The average molecular weight is 502 g/mol. The first-order valence-corrected chi connectivity index (χ1v) is 11.0. The van der Waals surface area contributed by atoms with Crippen LogP contribution in [-0.2, 0) is 9.53 Å². The number of anilines is 1. The fourth-order valence-electron chi connectivity index (χ4n) is 3.13. The first-order chi connectivity index (χ1) is 15.0. The van der Waals surface area contributed by atoms with Gasteiger partial charge >= 0.3 is 5.97 Å². The molecule has 2 N–H and O–H groups in total. The van der Waals surface area contributed by atoms with Crippen LogP contribution in [-0.4, -0.2) is 25.0 Å². The normalized spacial score (nSPS) is 11.6. The molecule has 0 saturated heterocycles. The third-order valence-corrected chi connectivity index (χ3v) is 5.31. The third kappa shape index (κ3) is 6.40. The summed E-state index contributed by atoms with van der Waals surface area (Å²) in [6.45, 7) is 2.12. The van der Waals surface area contributed by atoms with Crippen LogP contribution in [0, 0.1) is 0 Å². The van der Waals surface area contributed by atoms with Crippen LogP contribution in [0.3, 0.4) is 0 Å². The standard InChI is InChI=1S/C24H22BrClN2O3/c1-2-31-22(29)15-27-23(16-6-4-3-5-7-16)20-14-18(25)10-13-21(20)28-24(30)17-8-11-19(26)12-9-17/h3-14,23,27H,2,15H2,1H3,(H,28,30)/t23-/m0/s1. The first-order valence-electron chi connectivity index (χ1n) is 9.78. The number of carbonyl (C=O) groups excluding carboxylic acids is 2. The van der Waals surface area contributed by atoms with Gasteiger partial charge in [-0.05, 0) is 60.5 Å². The molecule has 3 aromatic rings. The fourth-order valence-corrected chi connectivity index (χ4v) is 3.64. The van der Waals surface area contributed by atoms with Gasteiger partial charge in [-0.3, -0.25) is 14.9 Å². The molecule has 0 radical (unpaired) electrons. The summed E-state index contributed by atoms with van der Waals surface area (Å²) >= 11 is 9.44. The second kappa shape index (κ2) is 11.1. The van der Waals surface area contributed by atoms with Gasteiger partial charge in [-0.15, -0.1) is 0 Å². The van der Waals surface area contributed by atoms with Gasteiger partial charge in [0.1, 0.15) is 0 Å². The number of hydrogen-bond donors (Lipinski definition) is 2. The van der Waals surface area contributed by atoms with Gasteiger partial charge in [0.25, 0.3) is 5.91 Å². The van der Waals surface area contributed by atoms with Crippen molar-refractivity contribution >= 4 is 45.1 Å². The smallest absolute Gasteiger partial charge is 0.319 e. The van der Waals surface area contributed by atoms with Crippen LogP contribution in [0.25, 0.3) is 0 Å². The van der Waals surface area contributed by atoms with Gasteiger partial charge in [0.2, 0.25) is 0 Å². The number of halogens is 2. The largest absolute Gasteiger partial charge is 0.465 e. The number of esters is 1. The van der Waals surface area contributed by atoms with Crippen LogP contribution < -0.4 is 10.6 Å². The molecule has 3 aromatic carbocycles. The van der Waals surface area contributed by atoms with E-state index in [1.54, 1.807) is 31.2 Å². The molecule has 3 rings (SSSR count). The zero-order chi connectivity index (χ0) is 22.2. The molecular formula is C24H22BrClN2O3. The number of ether oxygens (including phenoxy) is 1. The van der Waals surface area contributed by atoms with Crippen LogP contribution in [0.5, 0.6) is 0 Å². The molecule has 0 aliphatic rings. The van der Waals surface area contributed by atoms with E-state index in [4.69, 9.17) is 16.3 Å². The Kier molecular flexibility index (Phi) is 8.23. The summed E-state index contributed by atoms with van der Waals surface area (Å²) in [5.41, 5.74) is 2.89. The monoisotopic (exact) mass is 500 g/mol. The number of benzene rings is 3. The second-order valence-electron chi connectivity index (χ2n) is 6.72. The molecule has 0 aromatic heterocycles. The predicted octanol–water partition coefficient (Wildman–Crippen LogP) is 5.60. The number of hydrogen-bond acceptors (Lipinski definition) is 4. The van der Waals surface area contributed by atoms with E-state index >= 15 is 0 Å². The molecule has 0 fully saturated rings. The Balaban J connectivity index is 1.94. The summed E-state index contributed by atoms with van der Waals surface area (Å²) in [7, 11) is 0. The van der Waals surface area contributed by atoms with Crippen molar-refractivity contribution in [1.29, 1.82) is 0 Å². The molecule has 0 bridgehead atoms. The highest BCUT2D eigenvalue weighted by Crippen LogP contribution is 2.31. The number of carbonyl (C=O) groups is 2. The van der Waals surface area contributed by atoms with Crippen molar-refractivity contribution in [3.05, 3.63) is 99.0 Å². The molecule has 0 unspecified atom stereocenters. The van der Waals surface area contributed by atoms with Crippen LogP contribution in [0.4, 0.5) is 5.69 Å². The van der Waals surface area contributed by atoms with Crippen LogP contribution in [0.2, 0.25) is 5.02 Å². The van der Waals surface area contributed by atoms with E-state index < -0.39 is 0 Å². The molecule has 0 aliphatic carbocycles. The molecule has 31 heavy (non-hydrogen) atoms. The molecule has 1 atom stereocenters. The van der Waals surface area contributed by atoms with Crippen molar-refractivity contribution in [2.75, 3.05) is 18.5 Å². The lowest BCUT2D eigenvalue weighted by atomic mass is 9.96. The Morgan fingerprint density at radius 2 is 1.74 bits per heavy atom. The highest BCUT2D eigenvalue weighted by Gasteiger charge is 2.20. The van der Waals surface area contributed by atoms with Gasteiger partial charge < -0.3 is 10.1 Å². The minimum atomic E-state index is -0.344. The Morgan fingerprint density at radius 3 is 2.42 bits per heavy atom. The van der Waals surface area contributed by atoms with E-state index in [1.807, 2.05) is 48.5 Å². The van der Waals surface area contributed by atoms with E-state index in [9.17, 15) is 9.59 Å². The Bertz CT molecular complexity index is 1040. The highest BCUT2D eigenvalue weighted by atomic mass is 79.9. The maximum absolute atomic E-state index is 12.8. The summed E-state index contributed by atoms with van der Waals surface area (Å²) in [4.78, 5) is 24.8. The van der Waals surface area contributed by atoms with Crippen molar-refractivity contribution in [3.63, 3.8) is 0 Å². The van der Waals surface area contributed by atoms with Crippen LogP contribution >= 0.6 is 27.5 Å². The molecule has 5 nitrogen and oxygen atoms in total. The number of nitrogens with one attached hydrogen (secondary N) is 2. The van der Waals surface area contributed by atoms with Gasteiger partial charge in [0.15, 0.2) is 0 Å². The quantitative estimate of drug-likeness (QED) is 0.395. The van der Waals surface area contributed by atoms with E-state index in [0.717, 1.165) is 15.6 Å².